The van der Waals surface area contributed by atoms with E-state index in [0.717, 1.165) is 0 Å². The van der Waals surface area contributed by atoms with Crippen molar-refractivity contribution in [3.63, 3.8) is 0 Å². The third kappa shape index (κ3) is 24.5. The fourth-order valence-electron chi connectivity index (χ4n) is 0. The molecule has 0 heterocycles. The molecule has 0 aliphatic heterocycles. The molecule has 4 radical (unpaired) electrons. The summed E-state index contributed by atoms with van der Waals surface area (Å²) in [6, 6.07) is 0. The van der Waals surface area contributed by atoms with Crippen LogP contribution in [0.5, 0.6) is 0 Å². The summed E-state index contributed by atoms with van der Waals surface area (Å²) in [5, 5.41) is 0. The van der Waals surface area contributed by atoms with Crippen LogP contribution in [-0.4, -0.2) is 0 Å². The van der Waals surface area contributed by atoms with Crippen molar-refractivity contribution in [1.29, 1.82) is 0 Å². The first-order valence-electron chi connectivity index (χ1n) is 0. The summed E-state index contributed by atoms with van der Waals surface area (Å²) in [6.07, 6.45) is 0. The maximum atomic E-state index is 0. The zero-order valence-electron chi connectivity index (χ0n) is 1.91. The Morgan fingerprint density at radius 1 is 1.00 bits per heavy atom. The molecule has 0 nitrogen and oxygen atoms in total. The fraction of sp³-hybridized carbons (Fsp3) is 0. The van der Waals surface area contributed by atoms with E-state index in [0.29, 0.717) is 0 Å². The van der Waals surface area contributed by atoms with Crippen LogP contribution in [0.15, 0.2) is 0 Å². The molecule has 0 saturated carbocycles. The average Bonchev–Trinajstić information content (AvgIpc) is 0. The molecule has 0 N–H and O–H groups in total. The molecule has 6 heavy (non-hydrogen) atoms. The summed E-state index contributed by atoms with van der Waals surface area (Å²) < 4.78 is 0. The van der Waals surface area contributed by atoms with Crippen molar-refractivity contribution >= 4 is 0 Å². The molecule has 0 unspecified atom stereocenters. The molecule has 6 heteroatoms. The second-order valence-corrected chi connectivity index (χ2v) is 0. The van der Waals surface area contributed by atoms with E-state index in [-0.39, 0.29) is 124 Å². The van der Waals surface area contributed by atoms with Crippen molar-refractivity contribution in [3.05, 3.63) is 0 Å². The van der Waals surface area contributed by atoms with Crippen molar-refractivity contribution in [2.75, 3.05) is 0 Å². The van der Waals surface area contributed by atoms with Gasteiger partial charge in [0.2, 0.25) is 0 Å². The van der Waals surface area contributed by atoms with Gasteiger partial charge in [-0.05, 0) is 0 Å². The Morgan fingerprint density at radius 2 is 1.00 bits per heavy atom. The third-order valence-electron chi connectivity index (χ3n) is 0. The SMILES string of the molecule is [Ag].[Au].[Cu].[Pd].[Pt].[Re]. The van der Waals surface area contributed by atoms with Gasteiger partial charge in [-0.15, -0.1) is 0 Å². The zero-order chi connectivity index (χ0) is 0. The first-order chi connectivity index (χ1) is 0. The molecule has 0 atom stereocenters. The molecular weight excluding hydrogens is 856 g/mol. The molecule has 0 bridgehead atoms. The van der Waals surface area contributed by atoms with E-state index in [4.69, 9.17) is 0 Å². The first-order valence-corrected chi connectivity index (χ1v) is 0. The fourth-order valence-corrected chi connectivity index (χ4v) is 0. The molecule has 0 spiro atoms. The van der Waals surface area contributed by atoms with Crippen molar-refractivity contribution in [2.24, 2.45) is 0 Å². The standard InChI is InChI=1S/Ag.Au.Cu.Pd.Pt.Re. The van der Waals surface area contributed by atoms with Crippen LogP contribution in [-0.2, 0) is 124 Å². The topological polar surface area (TPSA) is 0 Å². The minimum Gasteiger partial charge on any atom is 0 e. The van der Waals surface area contributed by atoms with Gasteiger partial charge in [-0.3, -0.25) is 0 Å². The molecule has 0 rings (SSSR count). The average molecular weight is 856 g/mol. The van der Waals surface area contributed by atoms with E-state index in [2.05, 4.69) is 0 Å². The molecule has 0 fully saturated rings. The largest absolute Gasteiger partial charge is 0 e. The van der Waals surface area contributed by atoms with Gasteiger partial charge >= 0.3 is 0 Å². The van der Waals surface area contributed by atoms with E-state index >= 15 is 0 Å². The number of hydrogen-bond donors (Lipinski definition) is 0. The molecule has 0 saturated heterocycles. The maximum Gasteiger partial charge on any atom is 0 e. The van der Waals surface area contributed by atoms with E-state index < -0.39 is 0 Å². The Bertz CT molecular complexity index is 15.5. The van der Waals surface area contributed by atoms with Gasteiger partial charge in [0.05, 0.1) is 0 Å². The minimum absolute atomic E-state index is 0. The third-order valence-corrected chi connectivity index (χ3v) is 0. The Kier molecular flexibility index (Phi) is 303. The van der Waals surface area contributed by atoms with Gasteiger partial charge in [-0.2, -0.15) is 0 Å². The van der Waals surface area contributed by atoms with Crippen LogP contribution in [0.4, 0.5) is 0 Å². The Labute approximate surface area is 121 Å². The monoisotopic (exact) mass is 855 g/mol. The molecule has 60 valence electrons. The summed E-state index contributed by atoms with van der Waals surface area (Å²) in [4.78, 5) is 0. The number of rotatable bonds is 0. The normalized spacial score (nSPS) is 0. The van der Waals surface area contributed by atoms with Gasteiger partial charge in [0.1, 0.15) is 0 Å². The summed E-state index contributed by atoms with van der Waals surface area (Å²) in [6.45, 7) is 0. The Morgan fingerprint density at radius 3 is 1.00 bits per heavy atom. The van der Waals surface area contributed by atoms with Crippen LogP contribution >= 0.6 is 0 Å². The van der Waals surface area contributed by atoms with Crippen LogP contribution in [0.2, 0.25) is 0 Å². The second-order valence-electron chi connectivity index (χ2n) is 0. The summed E-state index contributed by atoms with van der Waals surface area (Å²) >= 11 is 0. The zero-order valence-corrected chi connectivity index (χ0v) is 13.0. The van der Waals surface area contributed by atoms with Crippen molar-refractivity contribution < 1.29 is 124 Å². The van der Waals surface area contributed by atoms with Gasteiger partial charge in [-0.1, -0.05) is 0 Å². The Balaban J connectivity index is 0. The molecule has 0 aromatic rings. The van der Waals surface area contributed by atoms with Gasteiger partial charge in [0.25, 0.3) is 0 Å². The van der Waals surface area contributed by atoms with Crippen LogP contribution < -0.4 is 0 Å². The minimum atomic E-state index is 0. The second kappa shape index (κ2) is 35.9. The van der Waals surface area contributed by atoms with E-state index in [1.807, 2.05) is 0 Å². The summed E-state index contributed by atoms with van der Waals surface area (Å²) in [7, 11) is 0. The summed E-state index contributed by atoms with van der Waals surface area (Å²) in [5.74, 6) is 0. The summed E-state index contributed by atoms with van der Waals surface area (Å²) in [5.41, 5.74) is 0. The Hall–Kier alpha value is 4.01. The van der Waals surface area contributed by atoms with Crippen LogP contribution in [0.1, 0.15) is 0 Å². The quantitative estimate of drug-likeness (QED) is 0.302. The number of hydrogen-bond acceptors (Lipinski definition) is 0. The molecular formula is AgAuCuPdPtRe. The van der Waals surface area contributed by atoms with Gasteiger partial charge in [-0.25, -0.2) is 0 Å². The van der Waals surface area contributed by atoms with E-state index in [1.165, 1.54) is 0 Å². The maximum absolute atomic E-state index is 0. The predicted octanol–water partition coefficient (Wildman–Crippen LogP) is -0.0150. The van der Waals surface area contributed by atoms with Gasteiger partial charge in [0, 0.05) is 124 Å². The van der Waals surface area contributed by atoms with Crippen LogP contribution in [0, 0.1) is 0 Å². The van der Waals surface area contributed by atoms with E-state index in [1.54, 1.807) is 0 Å². The first kappa shape index (κ1) is 50.5. The molecule has 0 amide bonds. The smallest absolute Gasteiger partial charge is 0 e. The van der Waals surface area contributed by atoms with Crippen molar-refractivity contribution in [3.8, 4) is 0 Å². The van der Waals surface area contributed by atoms with Gasteiger partial charge < -0.3 is 0 Å². The van der Waals surface area contributed by atoms with E-state index in [9.17, 15) is 0 Å². The predicted molar refractivity (Wildman–Crippen MR) is 0 cm³/mol. The molecule has 0 aliphatic carbocycles. The van der Waals surface area contributed by atoms with Crippen LogP contribution in [0.25, 0.3) is 0 Å². The van der Waals surface area contributed by atoms with Crippen LogP contribution in [0.3, 0.4) is 0 Å². The van der Waals surface area contributed by atoms with Gasteiger partial charge in [0.15, 0.2) is 0 Å². The molecule has 0 aromatic carbocycles. The van der Waals surface area contributed by atoms with Crippen molar-refractivity contribution in [1.82, 2.24) is 0 Å². The molecule has 0 aliphatic rings. The molecule has 0 aromatic heterocycles. The van der Waals surface area contributed by atoms with Crippen molar-refractivity contribution in [2.45, 2.75) is 0 Å².